The summed E-state index contributed by atoms with van der Waals surface area (Å²) in [7, 11) is 1.52. The van der Waals surface area contributed by atoms with Gasteiger partial charge in [-0.2, -0.15) is 0 Å². The lowest BCUT2D eigenvalue weighted by atomic mass is 9.82. The van der Waals surface area contributed by atoms with Gasteiger partial charge in [-0.1, -0.05) is 32.6 Å². The molecule has 0 aromatic carbocycles. The molecule has 1 fully saturated rings. The van der Waals surface area contributed by atoms with Crippen LogP contribution >= 0.6 is 0 Å². The molecule has 1 unspecified atom stereocenters. The van der Waals surface area contributed by atoms with Gasteiger partial charge in [0.15, 0.2) is 0 Å². The SMILES string of the molecule is COCC(O)CNC(=O)NCC1(C)CCCCCC1. The van der Waals surface area contributed by atoms with Crippen molar-refractivity contribution in [3.05, 3.63) is 0 Å². The highest BCUT2D eigenvalue weighted by molar-refractivity contribution is 5.73. The van der Waals surface area contributed by atoms with Gasteiger partial charge in [-0.25, -0.2) is 4.79 Å². The number of hydrogen-bond donors (Lipinski definition) is 3. The van der Waals surface area contributed by atoms with Crippen molar-refractivity contribution in [2.75, 3.05) is 26.8 Å². The first-order valence-electron chi connectivity index (χ1n) is 7.24. The molecule has 5 nitrogen and oxygen atoms in total. The predicted molar refractivity (Wildman–Crippen MR) is 75.1 cm³/mol. The van der Waals surface area contributed by atoms with Crippen LogP contribution in [0.5, 0.6) is 0 Å². The minimum Gasteiger partial charge on any atom is -0.389 e. The largest absolute Gasteiger partial charge is 0.389 e. The fourth-order valence-electron chi connectivity index (χ4n) is 2.58. The molecule has 1 aliphatic rings. The van der Waals surface area contributed by atoms with Crippen molar-refractivity contribution in [1.29, 1.82) is 0 Å². The Kier molecular flexibility index (Phi) is 7.16. The minimum absolute atomic E-state index is 0.208. The monoisotopic (exact) mass is 272 g/mol. The summed E-state index contributed by atoms with van der Waals surface area (Å²) in [6, 6.07) is -0.208. The van der Waals surface area contributed by atoms with Crippen LogP contribution < -0.4 is 10.6 Å². The summed E-state index contributed by atoms with van der Waals surface area (Å²) in [6.07, 6.45) is 6.85. The van der Waals surface area contributed by atoms with Gasteiger partial charge in [0.1, 0.15) is 0 Å². The van der Waals surface area contributed by atoms with Gasteiger partial charge in [0.2, 0.25) is 0 Å². The van der Waals surface area contributed by atoms with Crippen LogP contribution in [0.25, 0.3) is 0 Å². The maximum atomic E-state index is 11.6. The van der Waals surface area contributed by atoms with Crippen molar-refractivity contribution < 1.29 is 14.6 Å². The van der Waals surface area contributed by atoms with Crippen molar-refractivity contribution >= 4 is 6.03 Å². The summed E-state index contributed by atoms with van der Waals surface area (Å²) >= 11 is 0. The molecule has 1 rings (SSSR count). The van der Waals surface area contributed by atoms with Crippen molar-refractivity contribution in [1.82, 2.24) is 10.6 Å². The Morgan fingerprint density at radius 2 is 1.89 bits per heavy atom. The van der Waals surface area contributed by atoms with Crippen LogP contribution in [0.3, 0.4) is 0 Å². The zero-order valence-corrected chi connectivity index (χ0v) is 12.2. The van der Waals surface area contributed by atoms with E-state index in [1.54, 1.807) is 0 Å². The summed E-state index contributed by atoms with van der Waals surface area (Å²) in [5, 5.41) is 15.0. The second kappa shape index (κ2) is 8.38. The molecule has 1 aliphatic carbocycles. The van der Waals surface area contributed by atoms with Gasteiger partial charge >= 0.3 is 6.03 Å². The maximum Gasteiger partial charge on any atom is 0.314 e. The van der Waals surface area contributed by atoms with Crippen LogP contribution in [0.15, 0.2) is 0 Å². The predicted octanol–water partition coefficient (Wildman–Crippen LogP) is 1.65. The van der Waals surface area contributed by atoms with Crippen molar-refractivity contribution in [2.45, 2.75) is 51.6 Å². The van der Waals surface area contributed by atoms with E-state index in [-0.39, 0.29) is 24.6 Å². The Morgan fingerprint density at radius 1 is 1.26 bits per heavy atom. The van der Waals surface area contributed by atoms with Crippen LogP contribution in [-0.4, -0.2) is 44.0 Å². The third-order valence-corrected chi connectivity index (χ3v) is 3.84. The average molecular weight is 272 g/mol. The summed E-state index contributed by atoms with van der Waals surface area (Å²) in [4.78, 5) is 11.6. The minimum atomic E-state index is -0.649. The van der Waals surface area contributed by atoms with E-state index in [0.29, 0.717) is 6.54 Å². The van der Waals surface area contributed by atoms with Crippen LogP contribution in [0.4, 0.5) is 4.79 Å². The first kappa shape index (κ1) is 16.2. The van der Waals surface area contributed by atoms with E-state index >= 15 is 0 Å². The van der Waals surface area contributed by atoms with Gasteiger partial charge in [0.05, 0.1) is 12.7 Å². The molecule has 0 aromatic heterocycles. The smallest absolute Gasteiger partial charge is 0.314 e. The van der Waals surface area contributed by atoms with Gasteiger partial charge in [-0.3, -0.25) is 0 Å². The Balaban J connectivity index is 2.21. The molecule has 2 amide bonds. The highest BCUT2D eigenvalue weighted by Crippen LogP contribution is 2.33. The molecular weight excluding hydrogens is 244 g/mol. The van der Waals surface area contributed by atoms with Crippen LogP contribution in [0.1, 0.15) is 45.4 Å². The van der Waals surface area contributed by atoms with E-state index in [1.165, 1.54) is 45.6 Å². The second-order valence-electron chi connectivity index (χ2n) is 5.90. The number of ether oxygens (including phenoxy) is 1. The summed E-state index contributed by atoms with van der Waals surface area (Å²) < 4.78 is 4.80. The molecule has 1 atom stereocenters. The van der Waals surface area contributed by atoms with E-state index in [1.807, 2.05) is 0 Å². The molecule has 19 heavy (non-hydrogen) atoms. The molecule has 112 valence electrons. The Bertz CT molecular complexity index is 263. The molecular formula is C14H28N2O3. The fourth-order valence-corrected chi connectivity index (χ4v) is 2.58. The molecule has 0 aromatic rings. The number of carbonyl (C=O) groups is 1. The number of methoxy groups -OCH3 is 1. The summed E-state index contributed by atoms with van der Waals surface area (Å²) in [6.45, 7) is 3.41. The molecule has 0 aliphatic heterocycles. The highest BCUT2D eigenvalue weighted by Gasteiger charge is 2.25. The number of urea groups is 1. The molecule has 0 saturated heterocycles. The lowest BCUT2D eigenvalue weighted by Crippen LogP contribution is -2.44. The maximum absolute atomic E-state index is 11.6. The third-order valence-electron chi connectivity index (χ3n) is 3.84. The Labute approximate surface area is 116 Å². The fraction of sp³-hybridized carbons (Fsp3) is 0.929. The van der Waals surface area contributed by atoms with Crippen molar-refractivity contribution in [3.63, 3.8) is 0 Å². The summed E-state index contributed by atoms with van der Waals surface area (Å²) in [5.74, 6) is 0. The standard InChI is InChI=1S/C14H28N2O3/c1-14(7-5-3-4-6-8-14)11-16-13(18)15-9-12(17)10-19-2/h12,17H,3-11H2,1-2H3,(H2,15,16,18). The topological polar surface area (TPSA) is 70.6 Å². The summed E-state index contributed by atoms with van der Waals surface area (Å²) in [5.41, 5.74) is 0.221. The number of aliphatic hydroxyl groups excluding tert-OH is 1. The van der Waals surface area contributed by atoms with Crippen LogP contribution in [0.2, 0.25) is 0 Å². The second-order valence-corrected chi connectivity index (χ2v) is 5.90. The number of carbonyl (C=O) groups excluding carboxylic acids is 1. The lowest BCUT2D eigenvalue weighted by molar-refractivity contribution is 0.0659. The first-order valence-corrected chi connectivity index (χ1v) is 7.24. The molecule has 0 bridgehead atoms. The van der Waals surface area contributed by atoms with E-state index in [4.69, 9.17) is 4.74 Å². The van der Waals surface area contributed by atoms with Crippen molar-refractivity contribution in [3.8, 4) is 0 Å². The van der Waals surface area contributed by atoms with Crippen LogP contribution in [0, 0.1) is 5.41 Å². The number of nitrogens with one attached hydrogen (secondary N) is 2. The number of aliphatic hydroxyl groups is 1. The van der Waals surface area contributed by atoms with E-state index in [0.717, 1.165) is 0 Å². The molecule has 1 saturated carbocycles. The zero-order chi connectivity index (χ0) is 14.1. The third kappa shape index (κ3) is 6.78. The van der Waals surface area contributed by atoms with E-state index in [9.17, 15) is 9.90 Å². The van der Waals surface area contributed by atoms with Gasteiger partial charge in [-0.05, 0) is 18.3 Å². The number of rotatable bonds is 6. The number of hydrogen-bond acceptors (Lipinski definition) is 3. The van der Waals surface area contributed by atoms with E-state index in [2.05, 4.69) is 17.6 Å². The normalized spacial score (nSPS) is 20.4. The average Bonchev–Trinajstić information content (AvgIpc) is 2.60. The van der Waals surface area contributed by atoms with E-state index < -0.39 is 6.10 Å². The van der Waals surface area contributed by atoms with Gasteiger partial charge in [0.25, 0.3) is 0 Å². The zero-order valence-electron chi connectivity index (χ0n) is 12.2. The Morgan fingerprint density at radius 3 is 2.47 bits per heavy atom. The lowest BCUT2D eigenvalue weighted by Gasteiger charge is -2.28. The molecule has 0 spiro atoms. The van der Waals surface area contributed by atoms with Gasteiger partial charge < -0.3 is 20.5 Å². The van der Waals surface area contributed by atoms with Gasteiger partial charge in [0, 0.05) is 20.2 Å². The Hall–Kier alpha value is -0.810. The van der Waals surface area contributed by atoms with Crippen LogP contribution in [-0.2, 0) is 4.74 Å². The van der Waals surface area contributed by atoms with Gasteiger partial charge in [-0.15, -0.1) is 0 Å². The highest BCUT2D eigenvalue weighted by atomic mass is 16.5. The van der Waals surface area contributed by atoms with Crippen molar-refractivity contribution in [2.24, 2.45) is 5.41 Å². The first-order chi connectivity index (χ1) is 9.06. The number of amides is 2. The molecule has 5 heteroatoms. The molecule has 3 N–H and O–H groups in total. The quantitative estimate of drug-likeness (QED) is 0.644. The molecule has 0 radical (unpaired) electrons. The molecule has 0 heterocycles.